The first kappa shape index (κ1) is 28.8. The molecule has 5 rings (SSSR count). The summed E-state index contributed by atoms with van der Waals surface area (Å²) in [7, 11) is 0. The Kier molecular flexibility index (Phi) is 8.01. The molecule has 0 aliphatic rings. The maximum Gasteiger partial charge on any atom is 0.264 e. The standard InChI is InChI=1S/C29H25ClN6O5S/c1-29(2,3)28(40)36-24(33-14-18-4-5-23(30)42-18)13-21(34-36)20-15-35(16-22(37)27-32-10-11-41-27)25(38)12-19(20)26(39)17-6-8-31-9-7-17/h4-13,15,33H,14,16H2,1-3H3. The van der Waals surface area contributed by atoms with E-state index in [1.165, 1.54) is 59.2 Å². The minimum atomic E-state index is -0.789. The van der Waals surface area contributed by atoms with Crippen LogP contribution in [0.25, 0.3) is 11.3 Å². The fourth-order valence-electron chi connectivity index (χ4n) is 4.07. The maximum atomic E-state index is 13.6. The summed E-state index contributed by atoms with van der Waals surface area (Å²) in [5.41, 5.74) is -0.529. The number of Topliss-reactive ketones (excluding diaryl/α,β-unsaturated/α-hetero) is 1. The number of hydrogen-bond acceptors (Lipinski definition) is 10. The van der Waals surface area contributed by atoms with E-state index < -0.39 is 22.5 Å². The van der Waals surface area contributed by atoms with Crippen molar-refractivity contribution in [3.05, 3.63) is 104 Å². The zero-order valence-electron chi connectivity index (χ0n) is 22.8. The molecular weight excluding hydrogens is 580 g/mol. The van der Waals surface area contributed by atoms with Gasteiger partial charge in [0, 0.05) is 57.7 Å². The van der Waals surface area contributed by atoms with E-state index in [0.717, 1.165) is 15.5 Å². The number of ketones is 2. The minimum absolute atomic E-state index is 0.0514. The van der Waals surface area contributed by atoms with Gasteiger partial charge in [0.2, 0.25) is 5.78 Å². The first-order chi connectivity index (χ1) is 20.0. The molecule has 13 heteroatoms. The molecule has 0 aliphatic heterocycles. The number of carbonyl (C=O) groups excluding carboxylic acids is 3. The lowest BCUT2D eigenvalue weighted by molar-refractivity contribution is 0.0752. The van der Waals surface area contributed by atoms with E-state index in [0.29, 0.717) is 22.3 Å². The highest BCUT2D eigenvalue weighted by molar-refractivity contribution is 7.16. The summed E-state index contributed by atoms with van der Waals surface area (Å²) >= 11 is 7.48. The average molecular weight is 605 g/mol. The molecule has 42 heavy (non-hydrogen) atoms. The number of oxazole rings is 1. The van der Waals surface area contributed by atoms with E-state index in [9.17, 15) is 19.2 Å². The molecule has 0 aliphatic carbocycles. The molecule has 0 aromatic carbocycles. The number of rotatable bonds is 9. The Balaban J connectivity index is 1.63. The molecule has 1 N–H and O–H groups in total. The van der Waals surface area contributed by atoms with Crippen molar-refractivity contribution in [1.82, 2.24) is 24.3 Å². The highest BCUT2D eigenvalue weighted by Gasteiger charge is 2.28. The van der Waals surface area contributed by atoms with Crippen LogP contribution in [0.1, 0.15) is 57.0 Å². The van der Waals surface area contributed by atoms with Gasteiger partial charge in [-0.1, -0.05) is 32.4 Å². The SMILES string of the molecule is CC(C)(C)C(=O)n1nc(-c2cn(CC(=O)c3ncco3)c(=O)cc2C(=O)c2ccncc2)cc1NCc1ccc(Cl)s1. The first-order valence-electron chi connectivity index (χ1n) is 12.8. The molecule has 5 aromatic rings. The van der Waals surface area contributed by atoms with Crippen molar-refractivity contribution in [2.75, 3.05) is 5.32 Å². The van der Waals surface area contributed by atoms with Crippen molar-refractivity contribution in [2.45, 2.75) is 33.9 Å². The molecule has 0 atom stereocenters. The second-order valence-electron chi connectivity index (χ2n) is 10.3. The molecule has 0 saturated carbocycles. The number of nitrogens with one attached hydrogen (secondary N) is 1. The molecule has 0 unspecified atom stereocenters. The van der Waals surface area contributed by atoms with Gasteiger partial charge in [0.1, 0.15) is 12.1 Å². The van der Waals surface area contributed by atoms with Gasteiger partial charge >= 0.3 is 0 Å². The predicted octanol–water partition coefficient (Wildman–Crippen LogP) is 5.22. The quantitative estimate of drug-likeness (QED) is 0.224. The van der Waals surface area contributed by atoms with Gasteiger partial charge in [-0.05, 0) is 24.3 Å². The summed E-state index contributed by atoms with van der Waals surface area (Å²) in [4.78, 5) is 61.6. The second kappa shape index (κ2) is 11.7. The number of anilines is 1. The average Bonchev–Trinajstić information content (AvgIpc) is 3.73. The van der Waals surface area contributed by atoms with Gasteiger partial charge in [-0.2, -0.15) is 9.78 Å². The molecule has 0 fully saturated rings. The van der Waals surface area contributed by atoms with Crippen molar-refractivity contribution in [1.29, 1.82) is 0 Å². The van der Waals surface area contributed by atoms with Crippen LogP contribution in [0.4, 0.5) is 5.82 Å². The number of halogens is 1. The zero-order valence-corrected chi connectivity index (χ0v) is 24.4. The van der Waals surface area contributed by atoms with Crippen LogP contribution < -0.4 is 10.9 Å². The predicted molar refractivity (Wildman–Crippen MR) is 157 cm³/mol. The normalized spacial score (nSPS) is 11.4. The van der Waals surface area contributed by atoms with Crippen LogP contribution in [0.5, 0.6) is 0 Å². The van der Waals surface area contributed by atoms with E-state index in [4.69, 9.17) is 16.0 Å². The fraction of sp³-hybridized carbons (Fsp3) is 0.207. The molecule has 0 amide bonds. The summed E-state index contributed by atoms with van der Waals surface area (Å²) in [6.45, 7) is 5.29. The van der Waals surface area contributed by atoms with Crippen LogP contribution in [0.15, 0.2) is 76.7 Å². The molecule has 0 radical (unpaired) electrons. The first-order valence-corrected chi connectivity index (χ1v) is 14.0. The zero-order chi connectivity index (χ0) is 30.0. The third kappa shape index (κ3) is 6.14. The minimum Gasteiger partial charge on any atom is -0.442 e. The van der Waals surface area contributed by atoms with Crippen LogP contribution >= 0.6 is 22.9 Å². The Hall–Kier alpha value is -4.68. The van der Waals surface area contributed by atoms with Gasteiger partial charge in [-0.15, -0.1) is 11.3 Å². The summed E-state index contributed by atoms with van der Waals surface area (Å²) in [5, 5.41) is 7.83. The van der Waals surface area contributed by atoms with E-state index >= 15 is 0 Å². The summed E-state index contributed by atoms with van der Waals surface area (Å²) in [6.07, 6.45) is 6.91. The maximum absolute atomic E-state index is 13.6. The topological polar surface area (TPSA) is 142 Å². The van der Waals surface area contributed by atoms with Crippen LogP contribution in [0, 0.1) is 5.41 Å². The Morgan fingerprint density at radius 3 is 2.48 bits per heavy atom. The molecule has 0 saturated heterocycles. The number of hydrogen-bond donors (Lipinski definition) is 1. The lowest BCUT2D eigenvalue weighted by Gasteiger charge is -2.18. The van der Waals surface area contributed by atoms with Crippen molar-refractivity contribution in [3.8, 4) is 11.3 Å². The van der Waals surface area contributed by atoms with E-state index in [-0.39, 0.29) is 35.2 Å². The lowest BCUT2D eigenvalue weighted by Crippen LogP contribution is -2.29. The monoisotopic (exact) mass is 604 g/mol. The Bertz CT molecular complexity index is 1830. The Morgan fingerprint density at radius 1 is 1.07 bits per heavy atom. The van der Waals surface area contributed by atoms with Crippen molar-refractivity contribution in [3.63, 3.8) is 0 Å². The lowest BCUT2D eigenvalue weighted by atomic mass is 9.96. The van der Waals surface area contributed by atoms with E-state index in [2.05, 4.69) is 20.4 Å². The third-order valence-corrected chi connectivity index (χ3v) is 7.42. The Morgan fingerprint density at radius 2 is 1.83 bits per heavy atom. The largest absolute Gasteiger partial charge is 0.442 e. The molecule has 5 aromatic heterocycles. The van der Waals surface area contributed by atoms with Gasteiger partial charge in [0.15, 0.2) is 5.78 Å². The van der Waals surface area contributed by atoms with Crippen LogP contribution in [-0.2, 0) is 13.1 Å². The Labute approximate surface area is 248 Å². The number of thiophene rings is 1. The molecule has 214 valence electrons. The van der Waals surface area contributed by atoms with Crippen molar-refractivity contribution >= 4 is 46.2 Å². The highest BCUT2D eigenvalue weighted by atomic mass is 35.5. The van der Waals surface area contributed by atoms with E-state index in [1.54, 1.807) is 32.9 Å². The van der Waals surface area contributed by atoms with Crippen LogP contribution in [0.2, 0.25) is 4.34 Å². The molecule has 0 spiro atoms. The van der Waals surface area contributed by atoms with Crippen LogP contribution in [-0.4, -0.2) is 41.8 Å². The second-order valence-corrected chi connectivity index (χ2v) is 12.1. The molecule has 11 nitrogen and oxygen atoms in total. The van der Waals surface area contributed by atoms with Crippen LogP contribution in [0.3, 0.4) is 0 Å². The van der Waals surface area contributed by atoms with Gasteiger partial charge < -0.3 is 14.3 Å². The number of carbonyl (C=O) groups is 3. The number of aromatic nitrogens is 5. The highest BCUT2D eigenvalue weighted by Crippen LogP contribution is 2.30. The van der Waals surface area contributed by atoms with Crippen molar-refractivity contribution < 1.29 is 18.8 Å². The van der Waals surface area contributed by atoms with Gasteiger partial charge in [-0.3, -0.25) is 24.2 Å². The number of nitrogens with zero attached hydrogens (tertiary/aromatic N) is 5. The van der Waals surface area contributed by atoms with Gasteiger partial charge in [0.05, 0.1) is 29.3 Å². The molecule has 0 bridgehead atoms. The molecule has 5 heterocycles. The summed E-state index contributed by atoms with van der Waals surface area (Å²) in [5.74, 6) is -1.05. The fourth-order valence-corrected chi connectivity index (χ4v) is 5.09. The van der Waals surface area contributed by atoms with E-state index in [1.807, 2.05) is 6.07 Å². The van der Waals surface area contributed by atoms with Crippen molar-refractivity contribution in [2.24, 2.45) is 5.41 Å². The summed E-state index contributed by atoms with van der Waals surface area (Å²) in [6, 6.07) is 9.51. The third-order valence-electron chi connectivity index (χ3n) is 6.19. The number of pyridine rings is 2. The smallest absolute Gasteiger partial charge is 0.264 e. The van der Waals surface area contributed by atoms with Gasteiger partial charge in [-0.25, -0.2) is 4.98 Å². The van der Waals surface area contributed by atoms with Gasteiger partial charge in [0.25, 0.3) is 17.4 Å². The molecular formula is C29H25ClN6O5S. The summed E-state index contributed by atoms with van der Waals surface area (Å²) < 4.78 is 8.11.